The molecule has 7 nitrogen and oxygen atoms in total. The Morgan fingerprint density at radius 3 is 2.29 bits per heavy atom. The van der Waals surface area contributed by atoms with Crippen molar-refractivity contribution < 1.29 is 24.4 Å². The SMILES string of the molecule is O=C(/C=C/c1ccc(O)cc1)CC(=O)/C=C/c1cc(OCc2ccc(Cl)cc2Cl)ccc1[N+](=O)[O-]. The standard InChI is InChI=1S/C26H19Cl2NO6/c27-20-6-4-19(25(28)14-20)16-35-24-11-12-26(29(33)34)18(13-24)5-10-23(32)15-22(31)9-3-17-1-7-21(30)8-2-17/h1-14,30H,15-16H2/b9-3+,10-5+. The summed E-state index contributed by atoms with van der Waals surface area (Å²) in [7, 11) is 0. The lowest BCUT2D eigenvalue weighted by atomic mass is 10.1. The molecule has 0 bridgehead atoms. The van der Waals surface area contributed by atoms with Crippen LogP contribution in [0.3, 0.4) is 0 Å². The predicted molar refractivity (Wildman–Crippen MR) is 135 cm³/mol. The molecule has 3 aromatic rings. The fourth-order valence-electron chi connectivity index (χ4n) is 2.97. The number of ether oxygens (including phenoxy) is 1. The minimum atomic E-state index is -0.574. The lowest BCUT2D eigenvalue weighted by molar-refractivity contribution is -0.385. The number of benzene rings is 3. The first-order chi connectivity index (χ1) is 16.7. The molecule has 0 saturated carbocycles. The number of nitrogens with zero attached hydrogens (tertiary/aromatic N) is 1. The molecule has 1 N–H and O–H groups in total. The number of halogens is 2. The summed E-state index contributed by atoms with van der Waals surface area (Å²) in [5, 5.41) is 21.6. The molecule has 0 aromatic heterocycles. The molecular formula is C26H19Cl2NO6. The van der Waals surface area contributed by atoms with Gasteiger partial charge in [0, 0.05) is 21.7 Å². The molecule has 0 atom stereocenters. The van der Waals surface area contributed by atoms with Gasteiger partial charge < -0.3 is 9.84 Å². The van der Waals surface area contributed by atoms with Gasteiger partial charge in [-0.05, 0) is 60.2 Å². The number of hydrogen-bond donors (Lipinski definition) is 1. The highest BCUT2D eigenvalue weighted by molar-refractivity contribution is 6.35. The van der Waals surface area contributed by atoms with E-state index in [2.05, 4.69) is 0 Å². The van der Waals surface area contributed by atoms with Crippen molar-refractivity contribution in [1.82, 2.24) is 0 Å². The van der Waals surface area contributed by atoms with E-state index in [1.54, 1.807) is 30.3 Å². The topological polar surface area (TPSA) is 107 Å². The predicted octanol–water partition coefficient (Wildman–Crippen LogP) is 6.44. The Hall–Kier alpha value is -3.94. The minimum absolute atomic E-state index is 0.103. The van der Waals surface area contributed by atoms with Crippen molar-refractivity contribution >= 4 is 52.6 Å². The molecule has 0 unspecified atom stereocenters. The number of nitro groups is 1. The zero-order valence-electron chi connectivity index (χ0n) is 18.2. The van der Waals surface area contributed by atoms with Gasteiger partial charge in [0.15, 0.2) is 11.6 Å². The normalized spacial score (nSPS) is 11.1. The van der Waals surface area contributed by atoms with Gasteiger partial charge in [-0.3, -0.25) is 19.7 Å². The van der Waals surface area contributed by atoms with E-state index in [1.807, 2.05) is 0 Å². The number of aromatic hydroxyl groups is 1. The maximum atomic E-state index is 12.2. The highest BCUT2D eigenvalue weighted by Gasteiger charge is 2.14. The molecule has 0 aliphatic carbocycles. The third-order valence-corrected chi connectivity index (χ3v) is 5.34. The van der Waals surface area contributed by atoms with Gasteiger partial charge in [-0.15, -0.1) is 0 Å². The van der Waals surface area contributed by atoms with E-state index < -0.39 is 22.9 Å². The molecule has 178 valence electrons. The summed E-state index contributed by atoms with van der Waals surface area (Å²) in [5.74, 6) is -0.508. The molecule has 0 fully saturated rings. The van der Waals surface area contributed by atoms with Crippen molar-refractivity contribution in [3.63, 3.8) is 0 Å². The zero-order valence-corrected chi connectivity index (χ0v) is 19.7. The smallest absolute Gasteiger partial charge is 0.276 e. The lowest BCUT2D eigenvalue weighted by Gasteiger charge is -2.09. The number of phenolic OH excluding ortho intramolecular Hbond substituents is 1. The molecule has 35 heavy (non-hydrogen) atoms. The van der Waals surface area contributed by atoms with Crippen LogP contribution in [-0.2, 0) is 16.2 Å². The molecule has 0 radical (unpaired) electrons. The van der Waals surface area contributed by atoms with Crippen LogP contribution in [0.15, 0.2) is 72.8 Å². The number of rotatable bonds is 10. The first-order valence-corrected chi connectivity index (χ1v) is 11.0. The first kappa shape index (κ1) is 25.7. The van der Waals surface area contributed by atoms with Crippen molar-refractivity contribution in [2.24, 2.45) is 0 Å². The summed E-state index contributed by atoms with van der Waals surface area (Å²) in [6, 6.07) is 15.3. The summed E-state index contributed by atoms with van der Waals surface area (Å²) in [6.45, 7) is 0.109. The second-order valence-corrected chi connectivity index (χ2v) is 8.21. The molecular weight excluding hydrogens is 493 g/mol. The van der Waals surface area contributed by atoms with Crippen LogP contribution in [0.1, 0.15) is 23.1 Å². The monoisotopic (exact) mass is 511 g/mol. The maximum absolute atomic E-state index is 12.2. The second kappa shape index (κ2) is 12.0. The molecule has 0 saturated heterocycles. The summed E-state index contributed by atoms with van der Waals surface area (Å²) < 4.78 is 5.69. The van der Waals surface area contributed by atoms with Gasteiger partial charge in [0.1, 0.15) is 18.1 Å². The number of ketones is 2. The van der Waals surface area contributed by atoms with Crippen LogP contribution in [0.25, 0.3) is 12.2 Å². The van der Waals surface area contributed by atoms with Gasteiger partial charge in [0.25, 0.3) is 5.69 Å². The van der Waals surface area contributed by atoms with Gasteiger partial charge in [-0.25, -0.2) is 0 Å². The number of nitro benzene ring substituents is 1. The average Bonchev–Trinajstić information content (AvgIpc) is 2.81. The molecule has 3 rings (SSSR count). The summed E-state index contributed by atoms with van der Waals surface area (Å²) in [6.07, 6.45) is 4.78. The Morgan fingerprint density at radius 1 is 0.943 bits per heavy atom. The lowest BCUT2D eigenvalue weighted by Crippen LogP contribution is -2.02. The third-order valence-electron chi connectivity index (χ3n) is 4.76. The second-order valence-electron chi connectivity index (χ2n) is 7.37. The molecule has 0 amide bonds. The number of phenols is 1. The van der Waals surface area contributed by atoms with E-state index in [4.69, 9.17) is 27.9 Å². The van der Waals surface area contributed by atoms with E-state index in [0.717, 1.165) is 6.08 Å². The molecule has 0 spiro atoms. The van der Waals surface area contributed by atoms with Crippen LogP contribution in [0, 0.1) is 10.1 Å². The third kappa shape index (κ3) is 7.81. The Balaban J connectivity index is 1.67. The number of allylic oxidation sites excluding steroid dienone is 2. The Bertz CT molecular complexity index is 1320. The fraction of sp³-hybridized carbons (Fsp3) is 0.0769. The van der Waals surface area contributed by atoms with Crippen molar-refractivity contribution in [2.75, 3.05) is 0 Å². The van der Waals surface area contributed by atoms with E-state index in [9.17, 15) is 24.8 Å². The van der Waals surface area contributed by atoms with Gasteiger partial charge in [0.2, 0.25) is 0 Å². The Kier molecular flexibility index (Phi) is 8.78. The van der Waals surface area contributed by atoms with Crippen molar-refractivity contribution in [1.29, 1.82) is 0 Å². The molecule has 0 aliphatic heterocycles. The van der Waals surface area contributed by atoms with Crippen LogP contribution >= 0.6 is 23.2 Å². The summed E-state index contributed by atoms with van der Waals surface area (Å²) in [5.41, 5.74) is 1.30. The molecule has 0 aliphatic rings. The molecule has 9 heteroatoms. The quantitative estimate of drug-likeness (QED) is 0.145. The number of carbonyl (C=O) groups is 2. The van der Waals surface area contributed by atoms with E-state index in [0.29, 0.717) is 26.9 Å². The van der Waals surface area contributed by atoms with Gasteiger partial charge in [-0.2, -0.15) is 0 Å². The molecule has 0 heterocycles. The van der Waals surface area contributed by atoms with Crippen LogP contribution in [0.4, 0.5) is 5.69 Å². The Morgan fingerprint density at radius 2 is 1.63 bits per heavy atom. The van der Waals surface area contributed by atoms with E-state index in [1.165, 1.54) is 48.6 Å². The van der Waals surface area contributed by atoms with Gasteiger partial charge in [-0.1, -0.05) is 47.5 Å². The van der Waals surface area contributed by atoms with Crippen molar-refractivity contribution in [3.05, 3.63) is 110 Å². The highest BCUT2D eigenvalue weighted by atomic mass is 35.5. The summed E-state index contributed by atoms with van der Waals surface area (Å²) >= 11 is 12.0. The maximum Gasteiger partial charge on any atom is 0.276 e. The van der Waals surface area contributed by atoms with Gasteiger partial charge in [0.05, 0.1) is 16.9 Å². The van der Waals surface area contributed by atoms with Crippen LogP contribution in [0.2, 0.25) is 10.0 Å². The van der Waals surface area contributed by atoms with E-state index in [-0.39, 0.29) is 23.6 Å². The van der Waals surface area contributed by atoms with Crippen molar-refractivity contribution in [2.45, 2.75) is 13.0 Å². The average molecular weight is 512 g/mol. The number of hydrogen-bond acceptors (Lipinski definition) is 6. The fourth-order valence-corrected chi connectivity index (χ4v) is 3.43. The van der Waals surface area contributed by atoms with Crippen LogP contribution in [0.5, 0.6) is 11.5 Å². The van der Waals surface area contributed by atoms with Crippen molar-refractivity contribution in [3.8, 4) is 11.5 Å². The minimum Gasteiger partial charge on any atom is -0.508 e. The highest BCUT2D eigenvalue weighted by Crippen LogP contribution is 2.27. The van der Waals surface area contributed by atoms with Gasteiger partial charge >= 0.3 is 0 Å². The van der Waals surface area contributed by atoms with E-state index >= 15 is 0 Å². The number of carbonyl (C=O) groups excluding carboxylic acids is 2. The van der Waals surface area contributed by atoms with Crippen LogP contribution < -0.4 is 4.74 Å². The molecule has 3 aromatic carbocycles. The Labute approximate surface area is 211 Å². The largest absolute Gasteiger partial charge is 0.508 e. The zero-order chi connectivity index (χ0) is 25.4. The van der Waals surface area contributed by atoms with Crippen LogP contribution in [-0.4, -0.2) is 21.6 Å². The first-order valence-electron chi connectivity index (χ1n) is 10.3. The summed E-state index contributed by atoms with van der Waals surface area (Å²) in [4.78, 5) is 35.1.